The maximum atomic E-state index is 12.8. The summed E-state index contributed by atoms with van der Waals surface area (Å²) in [6.07, 6.45) is 9.12. The lowest BCUT2D eigenvalue weighted by Gasteiger charge is -2.42. The van der Waals surface area contributed by atoms with Gasteiger partial charge in [-0.05, 0) is 55.9 Å². The van der Waals surface area contributed by atoms with Gasteiger partial charge in [0.15, 0.2) is 5.82 Å². The number of carbonyl (C=O) groups is 1. The van der Waals surface area contributed by atoms with Crippen LogP contribution in [0.25, 0.3) is 0 Å². The molecule has 0 unspecified atom stereocenters. The van der Waals surface area contributed by atoms with E-state index in [1.165, 1.54) is 11.8 Å². The Labute approximate surface area is 283 Å². The Morgan fingerprint density at radius 1 is 1.02 bits per heavy atom. The predicted octanol–water partition coefficient (Wildman–Crippen LogP) is 6.15. The van der Waals surface area contributed by atoms with Crippen LogP contribution >= 0.6 is 42.9 Å². The van der Waals surface area contributed by atoms with Crippen LogP contribution in [0.1, 0.15) is 26.2 Å². The SMILES string of the molecule is C[C@@H]1C(=O)CC2(CCN(c3cnc(Sc4ccnc(Nc5nccc(Nc6ccccc6P(C)(C)=O)n5)c4Cl)cn3)CC2)[C@H]1N.Cl. The molecule has 1 aliphatic heterocycles. The van der Waals surface area contributed by atoms with E-state index in [9.17, 15) is 9.36 Å². The molecule has 0 amide bonds. The van der Waals surface area contributed by atoms with Crippen LogP contribution in [-0.4, -0.2) is 63.2 Å². The van der Waals surface area contributed by atoms with E-state index >= 15 is 0 Å². The van der Waals surface area contributed by atoms with E-state index in [2.05, 4.69) is 40.5 Å². The number of hydrogen-bond acceptors (Lipinski definition) is 12. The minimum atomic E-state index is -2.50. The third-order valence-electron chi connectivity index (χ3n) is 8.68. The van der Waals surface area contributed by atoms with Gasteiger partial charge < -0.3 is 25.8 Å². The number of nitrogens with one attached hydrogen (secondary N) is 2. The lowest BCUT2D eigenvalue weighted by Crippen LogP contribution is -2.48. The van der Waals surface area contributed by atoms with Crippen molar-refractivity contribution in [3.63, 3.8) is 0 Å². The number of carbonyl (C=O) groups excluding carboxylic acids is 1. The molecule has 2 atom stereocenters. The van der Waals surface area contributed by atoms with Gasteiger partial charge in [-0.1, -0.05) is 42.4 Å². The smallest absolute Gasteiger partial charge is 0.230 e. The number of benzene rings is 1. The number of pyridine rings is 1. The number of halogens is 2. The minimum absolute atomic E-state index is 0. The van der Waals surface area contributed by atoms with Gasteiger partial charge in [0.1, 0.15) is 29.6 Å². The van der Waals surface area contributed by atoms with E-state index in [1.54, 1.807) is 44.2 Å². The molecule has 2 fully saturated rings. The lowest BCUT2D eigenvalue weighted by atomic mass is 9.73. The van der Waals surface area contributed by atoms with Crippen molar-refractivity contribution in [2.45, 2.75) is 42.1 Å². The first-order chi connectivity index (χ1) is 21.5. The lowest BCUT2D eigenvalue weighted by molar-refractivity contribution is -0.120. The second-order valence-corrected chi connectivity index (χ2v) is 16.6. The summed E-state index contributed by atoms with van der Waals surface area (Å²) in [6.45, 7) is 7.02. The highest BCUT2D eigenvalue weighted by molar-refractivity contribution is 7.99. The van der Waals surface area contributed by atoms with Crippen molar-refractivity contribution >= 4 is 83.1 Å². The first-order valence-electron chi connectivity index (χ1n) is 14.7. The van der Waals surface area contributed by atoms with E-state index in [4.69, 9.17) is 17.3 Å². The van der Waals surface area contributed by atoms with Crippen LogP contribution < -0.4 is 26.6 Å². The first kappa shape index (κ1) is 34.1. The number of aromatic nitrogens is 5. The number of anilines is 5. The summed E-state index contributed by atoms with van der Waals surface area (Å²) < 4.78 is 12.8. The van der Waals surface area contributed by atoms with Gasteiger partial charge in [-0.2, -0.15) is 4.98 Å². The fourth-order valence-corrected chi connectivity index (χ4v) is 8.24. The van der Waals surface area contributed by atoms with Gasteiger partial charge >= 0.3 is 0 Å². The number of nitrogens with two attached hydrogens (primary N) is 1. The highest BCUT2D eigenvalue weighted by Crippen LogP contribution is 2.47. The zero-order valence-corrected chi connectivity index (χ0v) is 29.0. The summed E-state index contributed by atoms with van der Waals surface area (Å²) in [7, 11) is -2.50. The molecule has 0 bridgehead atoms. The topological polar surface area (TPSA) is 152 Å². The number of hydrogen-bond donors (Lipinski definition) is 3. The van der Waals surface area contributed by atoms with Crippen LogP contribution in [0.15, 0.2) is 71.1 Å². The summed E-state index contributed by atoms with van der Waals surface area (Å²) >= 11 is 8.14. The Hall–Kier alpha value is -3.28. The molecule has 46 heavy (non-hydrogen) atoms. The summed E-state index contributed by atoms with van der Waals surface area (Å²) in [4.78, 5) is 37.8. The molecule has 4 aromatic rings. The molecule has 2 aliphatic rings. The van der Waals surface area contributed by atoms with Crippen LogP contribution in [0.2, 0.25) is 5.02 Å². The number of nitrogens with zero attached hydrogens (tertiary/aromatic N) is 6. The van der Waals surface area contributed by atoms with Gasteiger partial charge in [0.25, 0.3) is 0 Å². The average molecular weight is 701 g/mol. The molecule has 1 spiro atoms. The molecule has 0 radical (unpaired) electrons. The molecule has 1 aromatic carbocycles. The molecule has 4 N–H and O–H groups in total. The molecular formula is C31H36Cl2N9O2PS. The van der Waals surface area contributed by atoms with Crippen LogP contribution in [0, 0.1) is 11.3 Å². The highest BCUT2D eigenvalue weighted by atomic mass is 35.5. The number of para-hydroxylation sites is 1. The van der Waals surface area contributed by atoms with Crippen LogP contribution in [0.3, 0.4) is 0 Å². The van der Waals surface area contributed by atoms with Gasteiger partial charge in [-0.15, -0.1) is 12.4 Å². The van der Waals surface area contributed by atoms with Crippen LogP contribution in [0.5, 0.6) is 0 Å². The maximum Gasteiger partial charge on any atom is 0.230 e. The fourth-order valence-electron chi connectivity index (χ4n) is 6.06. The third-order valence-corrected chi connectivity index (χ3v) is 11.7. The molecule has 242 valence electrons. The fraction of sp³-hybridized carbons (Fsp3) is 0.355. The summed E-state index contributed by atoms with van der Waals surface area (Å²) in [5, 5.41) is 8.19. The quantitative estimate of drug-likeness (QED) is 0.181. The number of piperidine rings is 1. The van der Waals surface area contributed by atoms with Crippen molar-refractivity contribution in [3.05, 3.63) is 66.2 Å². The molecule has 6 rings (SSSR count). The molecule has 1 saturated carbocycles. The van der Waals surface area contributed by atoms with E-state index in [0.29, 0.717) is 34.1 Å². The highest BCUT2D eigenvalue weighted by Gasteiger charge is 2.50. The Morgan fingerprint density at radius 3 is 2.43 bits per heavy atom. The van der Waals surface area contributed by atoms with Gasteiger partial charge in [0, 0.05) is 54.1 Å². The second kappa shape index (κ2) is 13.8. The van der Waals surface area contributed by atoms with Gasteiger partial charge in [-0.3, -0.25) is 4.79 Å². The molecule has 3 aromatic heterocycles. The van der Waals surface area contributed by atoms with E-state index < -0.39 is 7.14 Å². The molecule has 4 heterocycles. The second-order valence-electron chi connectivity index (χ2n) is 12.0. The molecule has 1 saturated heterocycles. The van der Waals surface area contributed by atoms with Crippen molar-refractivity contribution in [2.24, 2.45) is 17.1 Å². The average Bonchev–Trinajstić information content (AvgIpc) is 3.22. The number of Topliss-reactive ketones (excluding diaryl/α,β-unsaturated/α-hetero) is 1. The summed E-state index contributed by atoms with van der Waals surface area (Å²) in [5.41, 5.74) is 7.10. The number of ketones is 1. The first-order valence-corrected chi connectivity index (χ1v) is 18.5. The van der Waals surface area contributed by atoms with Crippen molar-refractivity contribution < 1.29 is 9.36 Å². The van der Waals surface area contributed by atoms with E-state index in [1.807, 2.05) is 37.3 Å². The zero-order valence-electron chi connectivity index (χ0n) is 25.7. The Bertz CT molecular complexity index is 1770. The molecule has 15 heteroatoms. The van der Waals surface area contributed by atoms with Gasteiger partial charge in [0.2, 0.25) is 5.95 Å². The Kier molecular flexibility index (Phi) is 10.2. The van der Waals surface area contributed by atoms with E-state index in [0.717, 1.165) is 47.6 Å². The van der Waals surface area contributed by atoms with Crippen LogP contribution in [0.4, 0.5) is 29.1 Å². The predicted molar refractivity (Wildman–Crippen MR) is 187 cm³/mol. The largest absolute Gasteiger partial charge is 0.355 e. The third kappa shape index (κ3) is 7.16. The molecular weight excluding hydrogens is 664 g/mol. The van der Waals surface area contributed by atoms with Crippen LogP contribution in [-0.2, 0) is 9.36 Å². The maximum absolute atomic E-state index is 12.8. The van der Waals surface area contributed by atoms with Crippen molar-refractivity contribution in [1.82, 2.24) is 24.9 Å². The van der Waals surface area contributed by atoms with Crippen molar-refractivity contribution in [1.29, 1.82) is 0 Å². The standard InChI is InChI=1S/C31H35ClN9O2PS.ClH/c1-19-21(42)16-31(28(19)33)10-14-41(15-11-31)25-17-37-26(18-36-25)45-23-8-12-34-29(27(23)32)40-30-35-13-9-24(39-30)38-20-6-4-5-7-22(20)44(2,3)43;/h4-9,12-13,17-19,28H,10-11,14-16,33H2,1-3H3,(H2,34,35,38,39,40);1H/t19-,28+;/m1./s1. The van der Waals surface area contributed by atoms with Crippen molar-refractivity contribution in [2.75, 3.05) is 42.0 Å². The Balaban J connectivity index is 0.00000417. The van der Waals surface area contributed by atoms with Gasteiger partial charge in [-0.25, -0.2) is 19.9 Å². The summed E-state index contributed by atoms with van der Waals surface area (Å²) in [6, 6.07) is 10.9. The van der Waals surface area contributed by atoms with Gasteiger partial charge in [0.05, 0.1) is 23.1 Å². The Morgan fingerprint density at radius 2 is 1.76 bits per heavy atom. The number of rotatable bonds is 8. The molecule has 11 nitrogen and oxygen atoms in total. The monoisotopic (exact) mass is 699 g/mol. The van der Waals surface area contributed by atoms with Crippen molar-refractivity contribution in [3.8, 4) is 0 Å². The van der Waals surface area contributed by atoms with E-state index in [-0.39, 0.29) is 35.6 Å². The molecule has 1 aliphatic carbocycles. The minimum Gasteiger partial charge on any atom is -0.355 e. The zero-order chi connectivity index (χ0) is 31.8. The summed E-state index contributed by atoms with van der Waals surface area (Å²) in [5.74, 6) is 2.25. The normalized spacial score (nSPS) is 19.2.